The van der Waals surface area contributed by atoms with E-state index in [4.69, 9.17) is 13.0 Å². The molecule has 0 aliphatic heterocycles. The number of aliphatic hydroxyl groups is 1. The van der Waals surface area contributed by atoms with Crippen LogP contribution in [-0.2, 0) is 0 Å². The molecule has 0 saturated carbocycles. The first-order valence-electron chi connectivity index (χ1n) is 8.95. The smallest absolute Gasteiger partial charge is 0.127 e. The largest absolute Gasteiger partial charge is 0.490 e. The van der Waals surface area contributed by atoms with Crippen LogP contribution in [0.4, 0.5) is 0 Å². The van der Waals surface area contributed by atoms with E-state index in [-0.39, 0.29) is 5.75 Å². The molecule has 0 spiro atoms. The lowest BCUT2D eigenvalue weighted by Gasteiger charge is -2.15. The molecule has 0 aliphatic rings. The molecule has 3 nitrogen and oxygen atoms in total. The predicted octanol–water partition coefficient (Wildman–Crippen LogP) is 2.58. The van der Waals surface area contributed by atoms with Gasteiger partial charge in [-0.15, -0.1) is 0 Å². The van der Waals surface area contributed by atoms with Crippen LogP contribution in [-0.4, -0.2) is 30.3 Å². The lowest BCUT2D eigenvalue weighted by atomic mass is 10.1. The van der Waals surface area contributed by atoms with Gasteiger partial charge in [0.05, 0.1) is 4.11 Å². The maximum atomic E-state index is 10.3. The van der Waals surface area contributed by atoms with Crippen LogP contribution in [0.15, 0.2) is 42.5 Å². The quantitative estimate of drug-likeness (QED) is 0.843. The van der Waals surface area contributed by atoms with E-state index < -0.39 is 25.2 Å². The Labute approximate surface area is 122 Å². The van der Waals surface area contributed by atoms with Crippen molar-refractivity contribution in [3.63, 3.8) is 0 Å². The summed E-state index contributed by atoms with van der Waals surface area (Å²) in [5.41, 5.74) is 0. The van der Waals surface area contributed by atoms with Crippen LogP contribution < -0.4 is 10.1 Å². The van der Waals surface area contributed by atoms with Gasteiger partial charge in [-0.1, -0.05) is 50.2 Å². The second kappa shape index (κ2) is 6.55. The molecule has 0 aromatic heterocycles. The minimum Gasteiger partial charge on any atom is -0.490 e. The van der Waals surface area contributed by atoms with Crippen molar-refractivity contribution < 1.29 is 18.1 Å². The Morgan fingerprint density at radius 3 is 2.79 bits per heavy atom. The van der Waals surface area contributed by atoms with Crippen molar-refractivity contribution in [3.05, 3.63) is 42.5 Å². The fourth-order valence-corrected chi connectivity index (χ4v) is 1.60. The van der Waals surface area contributed by atoms with E-state index >= 15 is 0 Å². The lowest BCUT2D eigenvalue weighted by molar-refractivity contribution is 0.105. The maximum absolute atomic E-state index is 10.3. The third kappa shape index (κ3) is 3.94. The first kappa shape index (κ1) is 7.88. The summed E-state index contributed by atoms with van der Waals surface area (Å²) >= 11 is 0. The molecule has 2 rings (SSSR count). The highest BCUT2D eigenvalue weighted by Gasteiger charge is 2.07. The van der Waals surface area contributed by atoms with Gasteiger partial charge in [-0.05, 0) is 11.5 Å². The Morgan fingerprint density at radius 2 is 2.00 bits per heavy atom. The molecule has 0 heterocycles. The van der Waals surface area contributed by atoms with Gasteiger partial charge >= 0.3 is 0 Å². The van der Waals surface area contributed by atoms with Gasteiger partial charge < -0.3 is 15.2 Å². The Kier molecular flexibility index (Phi) is 2.71. The van der Waals surface area contributed by atoms with E-state index in [1.807, 2.05) is 0 Å². The first-order chi connectivity index (χ1) is 11.3. The summed E-state index contributed by atoms with van der Waals surface area (Å²) in [7, 11) is 0. The molecular weight excluding hydrogens is 238 g/mol. The minimum absolute atomic E-state index is 0.0784. The van der Waals surface area contributed by atoms with Crippen LogP contribution in [0.25, 0.3) is 10.8 Å². The van der Waals surface area contributed by atoms with E-state index in [0.717, 1.165) is 5.39 Å². The Balaban J connectivity index is 2.39. The van der Waals surface area contributed by atoms with Crippen molar-refractivity contribution in [2.75, 3.05) is 13.1 Å². The molecule has 0 saturated heterocycles. The van der Waals surface area contributed by atoms with E-state index in [9.17, 15) is 5.11 Å². The van der Waals surface area contributed by atoms with Gasteiger partial charge in [-0.3, -0.25) is 0 Å². The topological polar surface area (TPSA) is 41.5 Å². The molecule has 1 atom stereocenters. The van der Waals surface area contributed by atoms with Crippen LogP contribution in [0.1, 0.15) is 22.1 Å². The second-order valence-electron chi connectivity index (χ2n) is 4.28. The van der Waals surface area contributed by atoms with Crippen molar-refractivity contribution in [2.45, 2.75) is 25.9 Å². The highest BCUT2D eigenvalue weighted by molar-refractivity contribution is 5.88. The van der Waals surface area contributed by atoms with Crippen LogP contribution in [0, 0.1) is 0 Å². The number of nitrogens with one attached hydrogen (secondary N) is 1. The molecule has 0 fully saturated rings. The summed E-state index contributed by atoms with van der Waals surface area (Å²) < 4.78 is 52.5. The Morgan fingerprint density at radius 1 is 1.26 bits per heavy atom. The maximum Gasteiger partial charge on any atom is 0.127 e. The van der Waals surface area contributed by atoms with Crippen LogP contribution in [0.3, 0.4) is 0 Å². The van der Waals surface area contributed by atoms with Crippen LogP contribution in [0.2, 0.25) is 0 Å². The summed E-state index contributed by atoms with van der Waals surface area (Å²) in [5, 5.41) is 13.8. The number of fused-ring (bicyclic) bond motifs is 1. The minimum atomic E-state index is -3.32. The number of benzene rings is 2. The number of rotatable bonds is 6. The number of ether oxygens (including phenoxy) is 1. The van der Waals surface area contributed by atoms with Gasteiger partial charge in [-0.2, -0.15) is 0 Å². The molecule has 2 N–H and O–H groups in total. The van der Waals surface area contributed by atoms with Gasteiger partial charge in [0, 0.05) is 22.0 Å². The summed E-state index contributed by atoms with van der Waals surface area (Å²) in [4.78, 5) is 0. The van der Waals surface area contributed by atoms with Gasteiger partial charge in [0.15, 0.2) is 0 Å². The van der Waals surface area contributed by atoms with Crippen molar-refractivity contribution in [2.24, 2.45) is 0 Å². The molecule has 102 valence electrons. The molecule has 0 radical (unpaired) electrons. The van der Waals surface area contributed by atoms with Crippen molar-refractivity contribution in [1.29, 1.82) is 0 Å². The van der Waals surface area contributed by atoms with E-state index in [0.29, 0.717) is 5.39 Å². The standard InChI is InChI=1S/C16H21NO2/c1-12(2)17-10-14(18)11-19-16-9-5-7-13-6-3-4-8-15(13)16/h3-9,12,14,17-18H,10-11H2,1-2H3/i10D2,11D2,12D,14D. The normalized spacial score (nSPS) is 21.2. The molecule has 0 amide bonds. The fraction of sp³-hybridized carbons (Fsp3) is 0.375. The number of hydrogen-bond acceptors (Lipinski definition) is 3. The molecule has 0 aliphatic carbocycles. The second-order valence-corrected chi connectivity index (χ2v) is 4.28. The zero-order valence-electron chi connectivity index (χ0n) is 16.9. The van der Waals surface area contributed by atoms with Gasteiger partial charge in [0.2, 0.25) is 0 Å². The fourth-order valence-electron chi connectivity index (χ4n) is 1.60. The van der Waals surface area contributed by atoms with Gasteiger partial charge in [-0.25, -0.2) is 0 Å². The summed E-state index contributed by atoms with van der Waals surface area (Å²) in [6.07, 6.45) is -3.32. The van der Waals surface area contributed by atoms with Crippen molar-refractivity contribution >= 4 is 10.8 Å². The van der Waals surface area contributed by atoms with Crippen LogP contribution in [0.5, 0.6) is 5.75 Å². The SMILES string of the molecule is [2H]C(C)(C)NC([2H])([2H])C([2H])(O)C([2H])([2H])Oc1cccc2ccccc12. The lowest BCUT2D eigenvalue weighted by Crippen LogP contribution is -2.35. The first-order valence-corrected chi connectivity index (χ1v) is 5.95. The summed E-state index contributed by atoms with van der Waals surface area (Å²) in [6, 6.07) is 10.4. The third-order valence-electron chi connectivity index (χ3n) is 2.44. The highest BCUT2D eigenvalue weighted by atomic mass is 16.5. The monoisotopic (exact) mass is 265 g/mol. The average molecular weight is 265 g/mol. The molecule has 3 heteroatoms. The summed E-state index contributed by atoms with van der Waals surface area (Å²) in [6.45, 7) is -3.41. The molecule has 2 aromatic rings. The molecule has 0 bridgehead atoms. The molecule has 2 aromatic carbocycles. The molecule has 1 unspecified atom stereocenters. The Hall–Kier alpha value is -1.58. The highest BCUT2D eigenvalue weighted by Crippen LogP contribution is 2.25. The zero-order chi connectivity index (χ0) is 19.1. The third-order valence-corrected chi connectivity index (χ3v) is 2.44. The number of hydrogen-bond donors (Lipinski definition) is 2. The van der Waals surface area contributed by atoms with E-state index in [1.54, 1.807) is 36.4 Å². The Bertz CT molecular complexity index is 752. The van der Waals surface area contributed by atoms with E-state index in [1.165, 1.54) is 19.9 Å². The zero-order valence-corrected chi connectivity index (χ0v) is 10.9. The van der Waals surface area contributed by atoms with Crippen molar-refractivity contribution in [3.8, 4) is 5.75 Å². The van der Waals surface area contributed by atoms with Crippen LogP contribution >= 0.6 is 0 Å². The average Bonchev–Trinajstić information content (AvgIpc) is 2.44. The molecule has 19 heavy (non-hydrogen) atoms. The van der Waals surface area contributed by atoms with Gasteiger partial charge in [0.25, 0.3) is 0 Å². The summed E-state index contributed by atoms with van der Waals surface area (Å²) in [5.74, 6) is 0.0784. The predicted molar refractivity (Wildman–Crippen MR) is 78.6 cm³/mol. The molecular formula is C16H21NO2. The van der Waals surface area contributed by atoms with Crippen molar-refractivity contribution in [1.82, 2.24) is 5.32 Å². The van der Waals surface area contributed by atoms with E-state index in [2.05, 4.69) is 5.32 Å². The van der Waals surface area contributed by atoms with Gasteiger partial charge in [0.1, 0.15) is 18.4 Å².